The monoisotopic (exact) mass is 291 g/mol. The van der Waals surface area contributed by atoms with Gasteiger partial charge in [-0.2, -0.15) is 0 Å². The maximum atomic E-state index is 5.63. The lowest BCUT2D eigenvalue weighted by atomic mass is 9.78. The van der Waals surface area contributed by atoms with Crippen molar-refractivity contribution in [2.75, 3.05) is 11.9 Å². The lowest BCUT2D eigenvalue weighted by Crippen LogP contribution is -2.29. The molecule has 0 unspecified atom stereocenters. The Bertz CT molecular complexity index is 465. The standard InChI is InChI=1S/C16H25N3S/c1-12(2)10-16(8-3-4-9-16)11-18-14-7-5-6-13(19-14)15(17)20/h5-7,12H,3-4,8-11H2,1-2H3,(H2,17,20)(H,18,19). The van der Waals surface area contributed by atoms with Gasteiger partial charge in [0.2, 0.25) is 0 Å². The molecule has 1 aliphatic carbocycles. The molecule has 0 aromatic carbocycles. The Kier molecular flexibility index (Phi) is 4.97. The first kappa shape index (κ1) is 15.2. The molecule has 0 amide bonds. The van der Waals surface area contributed by atoms with E-state index in [0.29, 0.717) is 16.1 Å². The highest BCUT2D eigenvalue weighted by Crippen LogP contribution is 2.43. The van der Waals surface area contributed by atoms with Crippen molar-refractivity contribution in [3.8, 4) is 0 Å². The summed E-state index contributed by atoms with van der Waals surface area (Å²) in [6.07, 6.45) is 6.65. The van der Waals surface area contributed by atoms with Crippen LogP contribution in [0, 0.1) is 11.3 Å². The summed E-state index contributed by atoms with van der Waals surface area (Å²) in [5.41, 5.74) is 6.76. The fraction of sp³-hybridized carbons (Fsp3) is 0.625. The number of hydrogen-bond donors (Lipinski definition) is 2. The number of thiocarbonyl (C=S) groups is 1. The molecule has 1 saturated carbocycles. The van der Waals surface area contributed by atoms with E-state index in [0.717, 1.165) is 18.3 Å². The molecule has 0 atom stereocenters. The van der Waals surface area contributed by atoms with Gasteiger partial charge >= 0.3 is 0 Å². The Morgan fingerprint density at radius 3 is 2.70 bits per heavy atom. The number of nitrogens with zero attached hydrogens (tertiary/aromatic N) is 1. The molecule has 2 rings (SSSR count). The summed E-state index contributed by atoms with van der Waals surface area (Å²) in [5, 5.41) is 3.50. The smallest absolute Gasteiger partial charge is 0.126 e. The number of nitrogens with two attached hydrogens (primary N) is 1. The second kappa shape index (κ2) is 6.53. The van der Waals surface area contributed by atoms with E-state index in [1.807, 2.05) is 18.2 Å². The zero-order valence-electron chi connectivity index (χ0n) is 12.5. The van der Waals surface area contributed by atoms with Crippen molar-refractivity contribution < 1.29 is 0 Å². The van der Waals surface area contributed by atoms with E-state index in [1.54, 1.807) is 0 Å². The number of pyridine rings is 1. The van der Waals surface area contributed by atoms with Crippen molar-refractivity contribution in [3.63, 3.8) is 0 Å². The Hall–Kier alpha value is -1.16. The van der Waals surface area contributed by atoms with Gasteiger partial charge in [-0.1, -0.05) is 45.0 Å². The van der Waals surface area contributed by atoms with Gasteiger partial charge in [-0.05, 0) is 42.7 Å². The molecule has 3 N–H and O–H groups in total. The molecule has 0 saturated heterocycles. The summed E-state index contributed by atoms with van der Waals surface area (Å²) in [7, 11) is 0. The fourth-order valence-corrected chi connectivity index (χ4v) is 3.51. The van der Waals surface area contributed by atoms with E-state index >= 15 is 0 Å². The first-order valence-corrected chi connectivity index (χ1v) is 7.92. The third kappa shape index (κ3) is 3.92. The van der Waals surface area contributed by atoms with Gasteiger partial charge in [0.25, 0.3) is 0 Å². The van der Waals surface area contributed by atoms with Gasteiger partial charge in [0.1, 0.15) is 10.8 Å². The number of rotatable bonds is 6. The van der Waals surface area contributed by atoms with E-state index in [2.05, 4.69) is 24.1 Å². The Labute approximate surface area is 127 Å². The zero-order chi connectivity index (χ0) is 14.6. The van der Waals surface area contributed by atoms with Gasteiger partial charge in [0.05, 0.1) is 5.69 Å². The number of hydrogen-bond acceptors (Lipinski definition) is 3. The predicted molar refractivity (Wildman–Crippen MR) is 89.0 cm³/mol. The Morgan fingerprint density at radius 1 is 1.40 bits per heavy atom. The van der Waals surface area contributed by atoms with Crippen LogP contribution in [0.1, 0.15) is 51.6 Å². The first-order valence-electron chi connectivity index (χ1n) is 7.51. The molecule has 0 radical (unpaired) electrons. The molecule has 20 heavy (non-hydrogen) atoms. The van der Waals surface area contributed by atoms with Crippen molar-refractivity contribution in [1.29, 1.82) is 0 Å². The minimum atomic E-state index is 0.353. The summed E-state index contributed by atoms with van der Waals surface area (Å²) < 4.78 is 0. The first-order chi connectivity index (χ1) is 9.51. The molecule has 4 heteroatoms. The van der Waals surface area contributed by atoms with Gasteiger partial charge < -0.3 is 11.1 Å². The Balaban J connectivity index is 2.02. The van der Waals surface area contributed by atoms with Crippen LogP contribution < -0.4 is 11.1 Å². The molecule has 1 heterocycles. The number of nitrogens with one attached hydrogen (secondary N) is 1. The minimum Gasteiger partial charge on any atom is -0.388 e. The molecule has 1 aromatic heterocycles. The molecule has 0 aliphatic heterocycles. The van der Waals surface area contributed by atoms with Crippen LogP contribution in [0.15, 0.2) is 18.2 Å². The van der Waals surface area contributed by atoms with Crippen LogP contribution in [0.2, 0.25) is 0 Å². The largest absolute Gasteiger partial charge is 0.388 e. The molecular formula is C16H25N3S. The van der Waals surface area contributed by atoms with Gasteiger partial charge in [0.15, 0.2) is 0 Å². The summed E-state index contributed by atoms with van der Waals surface area (Å²) in [5.74, 6) is 1.62. The topological polar surface area (TPSA) is 50.9 Å². The van der Waals surface area contributed by atoms with E-state index < -0.39 is 0 Å². The van der Waals surface area contributed by atoms with Crippen molar-refractivity contribution in [2.45, 2.75) is 46.0 Å². The van der Waals surface area contributed by atoms with Crippen LogP contribution in [0.5, 0.6) is 0 Å². The lowest BCUT2D eigenvalue weighted by Gasteiger charge is -2.31. The van der Waals surface area contributed by atoms with Crippen LogP contribution in [0.3, 0.4) is 0 Å². The molecule has 110 valence electrons. The van der Waals surface area contributed by atoms with Crippen LogP contribution >= 0.6 is 12.2 Å². The van der Waals surface area contributed by atoms with E-state index in [9.17, 15) is 0 Å². The average molecular weight is 291 g/mol. The molecule has 3 nitrogen and oxygen atoms in total. The summed E-state index contributed by atoms with van der Waals surface area (Å²) >= 11 is 4.98. The normalized spacial score (nSPS) is 17.4. The Morgan fingerprint density at radius 2 is 2.10 bits per heavy atom. The summed E-state index contributed by atoms with van der Waals surface area (Å²) in [6.45, 7) is 5.62. The van der Waals surface area contributed by atoms with Gasteiger partial charge in [-0.25, -0.2) is 4.98 Å². The molecular weight excluding hydrogens is 266 g/mol. The van der Waals surface area contributed by atoms with E-state index in [4.69, 9.17) is 18.0 Å². The highest BCUT2D eigenvalue weighted by atomic mass is 32.1. The van der Waals surface area contributed by atoms with Crippen LogP contribution in [0.25, 0.3) is 0 Å². The zero-order valence-corrected chi connectivity index (χ0v) is 13.3. The van der Waals surface area contributed by atoms with E-state index in [1.165, 1.54) is 32.1 Å². The average Bonchev–Trinajstić information content (AvgIpc) is 2.85. The van der Waals surface area contributed by atoms with Crippen molar-refractivity contribution in [3.05, 3.63) is 23.9 Å². The molecule has 1 aliphatic rings. The van der Waals surface area contributed by atoms with Gasteiger partial charge in [-0.3, -0.25) is 0 Å². The van der Waals surface area contributed by atoms with Crippen molar-refractivity contribution >= 4 is 23.0 Å². The lowest BCUT2D eigenvalue weighted by molar-refractivity contribution is 0.252. The van der Waals surface area contributed by atoms with Crippen LogP contribution in [0.4, 0.5) is 5.82 Å². The maximum absolute atomic E-state index is 5.63. The van der Waals surface area contributed by atoms with Crippen molar-refractivity contribution in [2.24, 2.45) is 17.1 Å². The second-order valence-electron chi connectivity index (χ2n) is 6.43. The predicted octanol–water partition coefficient (Wildman–Crippen LogP) is 3.73. The van der Waals surface area contributed by atoms with Gasteiger partial charge in [0, 0.05) is 6.54 Å². The third-order valence-electron chi connectivity index (χ3n) is 4.15. The van der Waals surface area contributed by atoms with Gasteiger partial charge in [-0.15, -0.1) is 0 Å². The highest BCUT2D eigenvalue weighted by Gasteiger charge is 2.34. The van der Waals surface area contributed by atoms with Crippen LogP contribution in [-0.4, -0.2) is 16.5 Å². The van der Waals surface area contributed by atoms with E-state index in [-0.39, 0.29) is 0 Å². The molecule has 0 bridgehead atoms. The highest BCUT2D eigenvalue weighted by molar-refractivity contribution is 7.80. The maximum Gasteiger partial charge on any atom is 0.126 e. The number of anilines is 1. The fourth-order valence-electron chi connectivity index (χ4n) is 3.39. The van der Waals surface area contributed by atoms with Crippen LogP contribution in [-0.2, 0) is 0 Å². The minimum absolute atomic E-state index is 0.353. The molecule has 0 spiro atoms. The molecule has 1 fully saturated rings. The third-order valence-corrected chi connectivity index (χ3v) is 4.36. The summed E-state index contributed by atoms with van der Waals surface area (Å²) in [4.78, 5) is 4.82. The number of aromatic nitrogens is 1. The SMILES string of the molecule is CC(C)CC1(CNc2cccc(C(N)=S)n2)CCCC1. The van der Waals surface area contributed by atoms with Crippen molar-refractivity contribution in [1.82, 2.24) is 4.98 Å². The molecule has 1 aromatic rings. The quantitative estimate of drug-likeness (QED) is 0.784. The second-order valence-corrected chi connectivity index (χ2v) is 6.87. The summed E-state index contributed by atoms with van der Waals surface area (Å²) in [6, 6.07) is 5.79.